The average molecular weight is 244 g/mol. The van der Waals surface area contributed by atoms with Crippen LogP contribution < -0.4 is 10.0 Å². The fourth-order valence-corrected chi connectivity index (χ4v) is 3.85. The second kappa shape index (κ2) is 3.62. The Bertz CT molecular complexity index is 516. The van der Waals surface area contributed by atoms with Crippen molar-refractivity contribution < 1.29 is 12.8 Å². The Morgan fingerprint density at radius 1 is 1.50 bits per heavy atom. The van der Waals surface area contributed by atoms with Crippen LogP contribution in [-0.4, -0.2) is 20.7 Å². The molecule has 16 heavy (non-hydrogen) atoms. The largest absolute Gasteiger partial charge is 0.397 e. The van der Waals surface area contributed by atoms with Crippen LogP contribution in [0.3, 0.4) is 0 Å². The molecule has 6 heteroatoms. The van der Waals surface area contributed by atoms with Crippen molar-refractivity contribution in [1.29, 1.82) is 0 Å². The Morgan fingerprint density at radius 3 is 2.69 bits per heavy atom. The first-order chi connectivity index (χ1) is 7.40. The lowest BCUT2D eigenvalue weighted by Gasteiger charge is -2.18. The van der Waals surface area contributed by atoms with Crippen LogP contribution in [0.15, 0.2) is 18.2 Å². The van der Waals surface area contributed by atoms with Crippen LogP contribution in [0.1, 0.15) is 6.92 Å². The van der Waals surface area contributed by atoms with Crippen molar-refractivity contribution in [2.75, 3.05) is 22.3 Å². The van der Waals surface area contributed by atoms with Crippen LogP contribution >= 0.6 is 0 Å². The van der Waals surface area contributed by atoms with Gasteiger partial charge in [-0.05, 0) is 24.1 Å². The number of hydrogen-bond acceptors (Lipinski definition) is 3. The molecule has 0 saturated carbocycles. The smallest absolute Gasteiger partial charge is 0.235 e. The van der Waals surface area contributed by atoms with Crippen molar-refractivity contribution in [3.05, 3.63) is 24.0 Å². The average Bonchev–Trinajstić information content (AvgIpc) is 2.39. The van der Waals surface area contributed by atoms with Gasteiger partial charge in [-0.3, -0.25) is 4.31 Å². The summed E-state index contributed by atoms with van der Waals surface area (Å²) >= 11 is 0. The summed E-state index contributed by atoms with van der Waals surface area (Å²) < 4.78 is 37.7. The molecule has 1 fully saturated rings. The van der Waals surface area contributed by atoms with Crippen LogP contribution in [0.5, 0.6) is 0 Å². The van der Waals surface area contributed by atoms with Gasteiger partial charge in [0.1, 0.15) is 5.82 Å². The zero-order valence-electron chi connectivity index (χ0n) is 8.85. The molecule has 1 heterocycles. The van der Waals surface area contributed by atoms with Gasteiger partial charge < -0.3 is 5.73 Å². The lowest BCUT2D eigenvalue weighted by atomic mass is 10.2. The summed E-state index contributed by atoms with van der Waals surface area (Å²) in [5.41, 5.74) is 6.14. The normalized spacial score (nSPS) is 23.6. The number of nitrogens with zero attached hydrogens (tertiary/aromatic N) is 1. The van der Waals surface area contributed by atoms with E-state index in [0.717, 1.165) is 6.07 Å². The highest BCUT2D eigenvalue weighted by Crippen LogP contribution is 2.31. The molecule has 0 amide bonds. The van der Waals surface area contributed by atoms with Gasteiger partial charge in [0.15, 0.2) is 0 Å². The summed E-state index contributed by atoms with van der Waals surface area (Å²) in [4.78, 5) is 0. The third-order valence-corrected chi connectivity index (χ3v) is 4.57. The van der Waals surface area contributed by atoms with Crippen molar-refractivity contribution in [2.24, 2.45) is 5.92 Å². The van der Waals surface area contributed by atoms with Gasteiger partial charge >= 0.3 is 0 Å². The molecule has 1 aliphatic rings. The van der Waals surface area contributed by atoms with Crippen molar-refractivity contribution in [1.82, 2.24) is 0 Å². The van der Waals surface area contributed by atoms with Gasteiger partial charge in [-0.15, -0.1) is 0 Å². The van der Waals surface area contributed by atoms with Gasteiger partial charge in [0, 0.05) is 6.54 Å². The highest BCUT2D eigenvalue weighted by molar-refractivity contribution is 7.93. The van der Waals surface area contributed by atoms with E-state index in [1.165, 1.54) is 16.4 Å². The molecule has 1 atom stereocenters. The van der Waals surface area contributed by atoms with Crippen molar-refractivity contribution in [3.8, 4) is 0 Å². The number of benzene rings is 1. The Morgan fingerprint density at radius 2 is 2.19 bits per heavy atom. The highest BCUT2D eigenvalue weighted by Gasteiger charge is 2.34. The van der Waals surface area contributed by atoms with E-state index < -0.39 is 15.8 Å². The summed E-state index contributed by atoms with van der Waals surface area (Å²) in [6.07, 6.45) is 0. The third kappa shape index (κ3) is 1.84. The van der Waals surface area contributed by atoms with E-state index in [1.54, 1.807) is 0 Å². The first kappa shape index (κ1) is 11.2. The fourth-order valence-electron chi connectivity index (χ4n) is 1.90. The molecule has 0 aromatic heterocycles. The fraction of sp³-hybridized carbons (Fsp3) is 0.400. The first-order valence-corrected chi connectivity index (χ1v) is 6.56. The second-order valence-corrected chi connectivity index (χ2v) is 6.06. The molecule has 88 valence electrons. The number of rotatable bonds is 1. The van der Waals surface area contributed by atoms with Gasteiger partial charge in [0.05, 0.1) is 17.1 Å². The highest BCUT2D eigenvalue weighted by atomic mass is 32.2. The number of hydrogen-bond donors (Lipinski definition) is 1. The van der Waals surface area contributed by atoms with E-state index in [9.17, 15) is 12.8 Å². The van der Waals surface area contributed by atoms with Crippen LogP contribution in [0.25, 0.3) is 0 Å². The van der Waals surface area contributed by atoms with Gasteiger partial charge in [0.2, 0.25) is 10.0 Å². The maximum Gasteiger partial charge on any atom is 0.235 e. The minimum atomic E-state index is -3.29. The summed E-state index contributed by atoms with van der Waals surface area (Å²) in [5.74, 6) is -0.288. The van der Waals surface area contributed by atoms with Gasteiger partial charge in [-0.2, -0.15) is 0 Å². The minimum absolute atomic E-state index is 0.0643. The van der Waals surface area contributed by atoms with E-state index in [1.807, 2.05) is 6.92 Å². The molecular formula is C10H13FN2O2S. The van der Waals surface area contributed by atoms with E-state index >= 15 is 0 Å². The lowest BCUT2D eigenvalue weighted by Crippen LogP contribution is -2.26. The quantitative estimate of drug-likeness (QED) is 0.755. The van der Waals surface area contributed by atoms with E-state index in [-0.39, 0.29) is 17.4 Å². The van der Waals surface area contributed by atoms with E-state index in [4.69, 9.17) is 5.73 Å². The zero-order chi connectivity index (χ0) is 11.9. The predicted octanol–water partition coefficient (Wildman–Crippen LogP) is 1.19. The molecule has 1 unspecified atom stereocenters. The number of nitrogens with two attached hydrogens (primary N) is 1. The summed E-state index contributed by atoms with van der Waals surface area (Å²) in [7, 11) is -3.29. The molecule has 1 aromatic rings. The van der Waals surface area contributed by atoms with Crippen molar-refractivity contribution >= 4 is 21.4 Å². The number of anilines is 2. The molecule has 0 spiro atoms. The van der Waals surface area contributed by atoms with E-state index in [0.29, 0.717) is 12.2 Å². The maximum atomic E-state index is 12.9. The van der Waals surface area contributed by atoms with E-state index in [2.05, 4.69) is 0 Å². The molecule has 0 radical (unpaired) electrons. The molecule has 2 N–H and O–H groups in total. The molecule has 0 bridgehead atoms. The van der Waals surface area contributed by atoms with Crippen LogP contribution in [0.4, 0.5) is 15.8 Å². The van der Waals surface area contributed by atoms with Crippen LogP contribution in [0, 0.1) is 11.7 Å². The minimum Gasteiger partial charge on any atom is -0.397 e. The SMILES string of the molecule is CC1CN(c2ccc(F)cc2N)S(=O)(=O)C1. The first-order valence-electron chi connectivity index (χ1n) is 4.95. The summed E-state index contributed by atoms with van der Waals surface area (Å²) in [5, 5.41) is 0. The van der Waals surface area contributed by atoms with Crippen molar-refractivity contribution in [2.45, 2.75) is 6.92 Å². The second-order valence-electron chi connectivity index (χ2n) is 4.12. The molecule has 0 aliphatic carbocycles. The molecule has 4 nitrogen and oxygen atoms in total. The molecule has 2 rings (SSSR count). The zero-order valence-corrected chi connectivity index (χ0v) is 9.67. The monoisotopic (exact) mass is 244 g/mol. The molecule has 1 aliphatic heterocycles. The standard InChI is InChI=1S/C10H13FN2O2S/c1-7-5-13(16(14,15)6-7)10-3-2-8(11)4-9(10)12/h2-4,7H,5-6,12H2,1H3. The van der Waals surface area contributed by atoms with Crippen LogP contribution in [-0.2, 0) is 10.0 Å². The predicted molar refractivity (Wildman–Crippen MR) is 61.1 cm³/mol. The Hall–Kier alpha value is -1.30. The van der Waals surface area contributed by atoms with Crippen molar-refractivity contribution in [3.63, 3.8) is 0 Å². The number of halogens is 1. The summed E-state index contributed by atoms with van der Waals surface area (Å²) in [6, 6.07) is 3.75. The Labute approximate surface area is 93.9 Å². The number of nitrogen functional groups attached to an aromatic ring is 1. The maximum absolute atomic E-state index is 12.9. The third-order valence-electron chi connectivity index (χ3n) is 2.57. The topological polar surface area (TPSA) is 63.4 Å². The van der Waals surface area contributed by atoms with Crippen LogP contribution in [0.2, 0.25) is 0 Å². The summed E-state index contributed by atoms with van der Waals surface area (Å²) in [6.45, 7) is 2.26. The van der Waals surface area contributed by atoms with Gasteiger partial charge in [-0.1, -0.05) is 6.92 Å². The van der Waals surface area contributed by atoms with Gasteiger partial charge in [-0.25, -0.2) is 12.8 Å². The molecular weight excluding hydrogens is 231 g/mol. The number of sulfonamides is 1. The molecule has 1 aromatic carbocycles. The Kier molecular flexibility index (Phi) is 2.53. The Balaban J connectivity index is 2.45. The lowest BCUT2D eigenvalue weighted by molar-refractivity contribution is 0.597. The molecule has 1 saturated heterocycles. The van der Waals surface area contributed by atoms with Gasteiger partial charge in [0.25, 0.3) is 0 Å².